The highest BCUT2D eigenvalue weighted by molar-refractivity contribution is 7.99. The second kappa shape index (κ2) is 7.53. The van der Waals surface area contributed by atoms with Crippen LogP contribution in [0.1, 0.15) is 37.9 Å². The summed E-state index contributed by atoms with van der Waals surface area (Å²) in [6.07, 6.45) is 0.262. The number of aromatic nitrogens is 2. The van der Waals surface area contributed by atoms with Gasteiger partial charge in [0.1, 0.15) is 0 Å². The van der Waals surface area contributed by atoms with Gasteiger partial charge in [0.25, 0.3) is 5.56 Å². The molecule has 138 valence electrons. The minimum Gasteiger partial charge on any atom is -0.378 e. The standard InChI is InChI=1S/C19H24N4O2S/c1-12(2)16-10-18(25)23-15(11-26-19(23)21-16)9-17(24)20-13-5-7-14(8-6-13)22(3)4/h5-8,10,12,15H,9,11H2,1-4H3,(H,20,24). The normalized spacial score (nSPS) is 15.8. The van der Waals surface area contributed by atoms with Gasteiger partial charge >= 0.3 is 0 Å². The average molecular weight is 372 g/mol. The van der Waals surface area contributed by atoms with E-state index in [0.717, 1.165) is 17.1 Å². The van der Waals surface area contributed by atoms with Crippen LogP contribution in [0.4, 0.5) is 11.4 Å². The fraction of sp³-hybridized carbons (Fsp3) is 0.421. The van der Waals surface area contributed by atoms with Gasteiger partial charge in [-0.1, -0.05) is 25.6 Å². The van der Waals surface area contributed by atoms with Gasteiger partial charge in [-0.3, -0.25) is 14.2 Å². The number of amides is 1. The number of benzene rings is 1. The van der Waals surface area contributed by atoms with Gasteiger partial charge in [0.2, 0.25) is 5.91 Å². The number of carbonyl (C=O) groups excluding carboxylic acids is 1. The molecule has 1 N–H and O–H groups in total. The predicted octanol–water partition coefficient (Wildman–Crippen LogP) is 3.11. The van der Waals surface area contributed by atoms with Gasteiger partial charge in [0, 0.05) is 43.7 Å². The molecule has 1 aromatic heterocycles. The van der Waals surface area contributed by atoms with Gasteiger partial charge in [-0.15, -0.1) is 0 Å². The largest absolute Gasteiger partial charge is 0.378 e. The van der Waals surface area contributed by atoms with Crippen molar-refractivity contribution in [3.05, 3.63) is 46.4 Å². The molecule has 1 aliphatic rings. The molecular formula is C19H24N4O2S. The van der Waals surface area contributed by atoms with E-state index >= 15 is 0 Å². The van der Waals surface area contributed by atoms with Gasteiger partial charge in [0.05, 0.1) is 11.7 Å². The Morgan fingerprint density at radius 2 is 2.04 bits per heavy atom. The van der Waals surface area contributed by atoms with Crippen LogP contribution >= 0.6 is 11.8 Å². The minimum absolute atomic E-state index is 0.0724. The molecule has 0 spiro atoms. The van der Waals surface area contributed by atoms with Crippen LogP contribution in [0.3, 0.4) is 0 Å². The van der Waals surface area contributed by atoms with Crippen molar-refractivity contribution in [1.82, 2.24) is 9.55 Å². The molecule has 7 heteroatoms. The Hall–Kier alpha value is -2.28. The summed E-state index contributed by atoms with van der Waals surface area (Å²) in [5.41, 5.74) is 2.56. The highest BCUT2D eigenvalue weighted by Crippen LogP contribution is 2.33. The summed E-state index contributed by atoms with van der Waals surface area (Å²) in [6.45, 7) is 4.04. The molecule has 2 aromatic rings. The van der Waals surface area contributed by atoms with Crippen molar-refractivity contribution in [3.8, 4) is 0 Å². The molecule has 1 aromatic carbocycles. The lowest BCUT2D eigenvalue weighted by Gasteiger charge is -2.15. The Bertz CT molecular complexity index is 859. The zero-order valence-electron chi connectivity index (χ0n) is 15.5. The van der Waals surface area contributed by atoms with Crippen molar-refractivity contribution >= 4 is 29.0 Å². The Kier molecular flexibility index (Phi) is 5.36. The van der Waals surface area contributed by atoms with E-state index < -0.39 is 0 Å². The highest BCUT2D eigenvalue weighted by Gasteiger charge is 2.28. The van der Waals surface area contributed by atoms with Crippen molar-refractivity contribution < 1.29 is 4.79 Å². The van der Waals surface area contributed by atoms with E-state index in [9.17, 15) is 9.59 Å². The van der Waals surface area contributed by atoms with Crippen molar-refractivity contribution in [2.45, 2.75) is 37.4 Å². The number of carbonyl (C=O) groups is 1. The first-order valence-electron chi connectivity index (χ1n) is 8.68. The second-order valence-corrected chi connectivity index (χ2v) is 7.97. The molecule has 0 aliphatic carbocycles. The zero-order chi connectivity index (χ0) is 18.8. The molecule has 26 heavy (non-hydrogen) atoms. The van der Waals surface area contributed by atoms with Gasteiger partial charge in [-0.2, -0.15) is 0 Å². The summed E-state index contributed by atoms with van der Waals surface area (Å²) in [5, 5.41) is 3.63. The molecule has 1 amide bonds. The van der Waals surface area contributed by atoms with Crippen LogP contribution < -0.4 is 15.8 Å². The lowest BCUT2D eigenvalue weighted by atomic mass is 10.1. The molecule has 2 heterocycles. The molecule has 0 bridgehead atoms. The van der Waals surface area contributed by atoms with E-state index in [0.29, 0.717) is 10.9 Å². The maximum atomic E-state index is 12.5. The van der Waals surface area contributed by atoms with Crippen LogP contribution in [-0.4, -0.2) is 35.3 Å². The van der Waals surface area contributed by atoms with Gasteiger partial charge in [-0.25, -0.2) is 4.98 Å². The summed E-state index contributed by atoms with van der Waals surface area (Å²) in [5.74, 6) is 0.805. The molecule has 6 nitrogen and oxygen atoms in total. The number of anilines is 2. The highest BCUT2D eigenvalue weighted by atomic mass is 32.2. The maximum Gasteiger partial charge on any atom is 0.254 e. The summed E-state index contributed by atoms with van der Waals surface area (Å²) < 4.78 is 1.66. The third kappa shape index (κ3) is 3.93. The van der Waals surface area contributed by atoms with Gasteiger partial charge in [0.15, 0.2) is 5.16 Å². The fourth-order valence-electron chi connectivity index (χ4n) is 2.89. The van der Waals surface area contributed by atoms with E-state index in [2.05, 4.69) is 10.3 Å². The number of hydrogen-bond acceptors (Lipinski definition) is 5. The van der Waals surface area contributed by atoms with Crippen molar-refractivity contribution in [2.24, 2.45) is 0 Å². The quantitative estimate of drug-likeness (QED) is 0.817. The van der Waals surface area contributed by atoms with E-state index in [1.54, 1.807) is 22.4 Å². The van der Waals surface area contributed by atoms with Gasteiger partial charge in [-0.05, 0) is 30.2 Å². The number of thioether (sulfide) groups is 1. The average Bonchev–Trinajstić information content (AvgIpc) is 2.98. The second-order valence-electron chi connectivity index (χ2n) is 6.98. The first-order chi connectivity index (χ1) is 12.3. The van der Waals surface area contributed by atoms with Crippen LogP contribution in [0.2, 0.25) is 0 Å². The minimum atomic E-state index is -0.155. The SMILES string of the molecule is CC(C)c1cc(=O)n2c(n1)SCC2CC(=O)Nc1ccc(N(C)C)cc1. The fourth-order valence-corrected chi connectivity index (χ4v) is 4.04. The first kappa shape index (κ1) is 18.5. The monoisotopic (exact) mass is 372 g/mol. The molecule has 0 radical (unpaired) electrons. The summed E-state index contributed by atoms with van der Waals surface area (Å²) in [7, 11) is 3.94. The summed E-state index contributed by atoms with van der Waals surface area (Å²) in [6, 6.07) is 9.11. The number of hydrogen-bond donors (Lipinski definition) is 1. The van der Waals surface area contributed by atoms with Crippen LogP contribution in [0.5, 0.6) is 0 Å². The molecule has 0 saturated heterocycles. The van der Waals surface area contributed by atoms with Crippen LogP contribution in [0.25, 0.3) is 0 Å². The lowest BCUT2D eigenvalue weighted by Crippen LogP contribution is -2.28. The summed E-state index contributed by atoms with van der Waals surface area (Å²) >= 11 is 1.54. The summed E-state index contributed by atoms with van der Waals surface area (Å²) in [4.78, 5) is 31.5. The molecule has 0 fully saturated rings. The molecule has 0 saturated carbocycles. The van der Waals surface area contributed by atoms with Crippen LogP contribution in [0, 0.1) is 0 Å². The maximum absolute atomic E-state index is 12.5. The third-order valence-electron chi connectivity index (χ3n) is 4.39. The van der Waals surface area contributed by atoms with E-state index in [-0.39, 0.29) is 29.8 Å². The number of nitrogens with zero attached hydrogens (tertiary/aromatic N) is 3. The number of nitrogens with one attached hydrogen (secondary N) is 1. The number of rotatable bonds is 5. The van der Waals surface area contributed by atoms with Crippen LogP contribution in [-0.2, 0) is 4.79 Å². The molecule has 1 unspecified atom stereocenters. The molecule has 1 aliphatic heterocycles. The van der Waals surface area contributed by atoms with Gasteiger partial charge < -0.3 is 10.2 Å². The predicted molar refractivity (Wildman–Crippen MR) is 106 cm³/mol. The molecular weight excluding hydrogens is 348 g/mol. The van der Waals surface area contributed by atoms with E-state index in [1.807, 2.05) is 57.1 Å². The Morgan fingerprint density at radius 3 is 2.65 bits per heavy atom. The van der Waals surface area contributed by atoms with E-state index in [4.69, 9.17) is 0 Å². The first-order valence-corrected chi connectivity index (χ1v) is 9.67. The number of fused-ring (bicyclic) bond motifs is 1. The molecule has 1 atom stereocenters. The molecule has 3 rings (SSSR count). The van der Waals surface area contributed by atoms with Crippen molar-refractivity contribution in [1.29, 1.82) is 0 Å². The van der Waals surface area contributed by atoms with Crippen LogP contribution in [0.15, 0.2) is 40.3 Å². The lowest BCUT2D eigenvalue weighted by molar-refractivity contribution is -0.116. The van der Waals surface area contributed by atoms with E-state index in [1.165, 1.54) is 0 Å². The Labute approximate surface area is 157 Å². The van der Waals surface area contributed by atoms with Crippen molar-refractivity contribution in [3.63, 3.8) is 0 Å². The Balaban J connectivity index is 1.69. The zero-order valence-corrected chi connectivity index (χ0v) is 16.3. The van der Waals surface area contributed by atoms with Crippen molar-refractivity contribution in [2.75, 3.05) is 30.1 Å². The Morgan fingerprint density at radius 1 is 1.35 bits per heavy atom. The smallest absolute Gasteiger partial charge is 0.254 e. The third-order valence-corrected chi connectivity index (χ3v) is 5.49. The topological polar surface area (TPSA) is 67.2 Å².